The summed E-state index contributed by atoms with van der Waals surface area (Å²) in [5.74, 6) is 2.08. The maximum Gasteiger partial charge on any atom is 0.228 e. The quantitative estimate of drug-likeness (QED) is 0.914. The van der Waals surface area contributed by atoms with Crippen LogP contribution in [0.15, 0.2) is 6.07 Å². The van der Waals surface area contributed by atoms with Crippen LogP contribution in [0, 0.1) is 11.8 Å². The molecule has 0 spiro atoms. The number of anilines is 1. The molecule has 4 rings (SSSR count). The van der Waals surface area contributed by atoms with E-state index in [1.807, 2.05) is 6.07 Å². The second-order valence-corrected chi connectivity index (χ2v) is 9.27. The van der Waals surface area contributed by atoms with E-state index in [0.717, 1.165) is 25.0 Å². The van der Waals surface area contributed by atoms with Crippen molar-refractivity contribution in [2.24, 2.45) is 11.8 Å². The molecule has 2 saturated carbocycles. The van der Waals surface area contributed by atoms with Gasteiger partial charge in [0.25, 0.3) is 0 Å². The third-order valence-corrected chi connectivity index (χ3v) is 6.75. The van der Waals surface area contributed by atoms with Gasteiger partial charge in [-0.05, 0) is 31.6 Å². The molecule has 3 atom stereocenters. The van der Waals surface area contributed by atoms with Crippen molar-refractivity contribution >= 4 is 21.6 Å². The van der Waals surface area contributed by atoms with Gasteiger partial charge in [0.2, 0.25) is 5.91 Å². The van der Waals surface area contributed by atoms with Gasteiger partial charge in [0.1, 0.15) is 5.82 Å². The van der Waals surface area contributed by atoms with Crippen LogP contribution in [-0.2, 0) is 14.6 Å². The van der Waals surface area contributed by atoms with Gasteiger partial charge in [-0.25, -0.2) is 13.1 Å². The third kappa shape index (κ3) is 2.66. The molecule has 0 aromatic carbocycles. The van der Waals surface area contributed by atoms with Crippen molar-refractivity contribution in [1.82, 2.24) is 9.78 Å². The lowest BCUT2D eigenvalue weighted by atomic mass is 10.2. The topological polar surface area (TPSA) is 81.1 Å². The molecule has 0 radical (unpaired) electrons. The molecule has 1 saturated heterocycles. The highest BCUT2D eigenvalue weighted by Gasteiger charge is 2.40. The minimum absolute atomic E-state index is 0.0388. The van der Waals surface area contributed by atoms with Crippen molar-refractivity contribution in [3.05, 3.63) is 11.8 Å². The van der Waals surface area contributed by atoms with Gasteiger partial charge in [-0.1, -0.05) is 6.92 Å². The summed E-state index contributed by atoms with van der Waals surface area (Å²) in [7, 11) is -2.97. The predicted octanol–water partition coefficient (Wildman–Crippen LogP) is 1.71. The summed E-state index contributed by atoms with van der Waals surface area (Å²) in [5.41, 5.74) is 0.989. The molecule has 3 fully saturated rings. The van der Waals surface area contributed by atoms with E-state index in [0.29, 0.717) is 24.1 Å². The molecule has 1 aromatic heterocycles. The molecule has 2 heterocycles. The zero-order chi connectivity index (χ0) is 15.5. The Hall–Kier alpha value is -1.37. The third-order valence-electron chi connectivity index (χ3n) is 5.00. The molecule has 1 aliphatic heterocycles. The number of aromatic nitrogens is 2. The SMILES string of the molecule is C[C@@H]1C[C@@H]1C(=O)Nc1cc(C2CC2)nn1[C@@H]1CCS(=O)(=O)C1. The second-order valence-electron chi connectivity index (χ2n) is 7.04. The molecule has 7 heteroatoms. The second kappa shape index (κ2) is 4.81. The highest BCUT2D eigenvalue weighted by atomic mass is 32.2. The maximum atomic E-state index is 12.2. The largest absolute Gasteiger partial charge is 0.311 e. The van der Waals surface area contributed by atoms with Crippen LogP contribution in [0.5, 0.6) is 0 Å². The molecule has 6 nitrogen and oxygen atoms in total. The number of hydrogen-bond acceptors (Lipinski definition) is 4. The lowest BCUT2D eigenvalue weighted by Gasteiger charge is -2.13. The van der Waals surface area contributed by atoms with Crippen LogP contribution in [-0.4, -0.2) is 35.6 Å². The molecule has 0 unspecified atom stereocenters. The number of hydrogen-bond donors (Lipinski definition) is 1. The van der Waals surface area contributed by atoms with Gasteiger partial charge >= 0.3 is 0 Å². The van der Waals surface area contributed by atoms with Crippen molar-refractivity contribution < 1.29 is 13.2 Å². The molecule has 2 aliphatic carbocycles. The van der Waals surface area contributed by atoms with Crippen molar-refractivity contribution in [3.8, 4) is 0 Å². The number of amides is 1. The zero-order valence-corrected chi connectivity index (χ0v) is 13.5. The number of nitrogens with one attached hydrogen (secondary N) is 1. The molecule has 120 valence electrons. The highest BCUT2D eigenvalue weighted by molar-refractivity contribution is 7.91. The average Bonchev–Trinajstić information content (AvgIpc) is 3.34. The predicted molar refractivity (Wildman–Crippen MR) is 82.4 cm³/mol. The first kappa shape index (κ1) is 14.2. The summed E-state index contributed by atoms with van der Waals surface area (Å²) in [6.45, 7) is 2.07. The first-order valence-electron chi connectivity index (χ1n) is 8.04. The fourth-order valence-corrected chi connectivity index (χ4v) is 4.93. The lowest BCUT2D eigenvalue weighted by Crippen LogP contribution is -2.20. The minimum atomic E-state index is -2.97. The van der Waals surface area contributed by atoms with E-state index >= 15 is 0 Å². The monoisotopic (exact) mass is 323 g/mol. The molecule has 1 N–H and O–H groups in total. The highest BCUT2D eigenvalue weighted by Crippen LogP contribution is 2.42. The summed E-state index contributed by atoms with van der Waals surface area (Å²) >= 11 is 0. The Morgan fingerprint density at radius 2 is 2.09 bits per heavy atom. The van der Waals surface area contributed by atoms with Gasteiger partial charge in [-0.15, -0.1) is 0 Å². The Morgan fingerprint density at radius 1 is 1.36 bits per heavy atom. The van der Waals surface area contributed by atoms with Crippen LogP contribution in [0.2, 0.25) is 0 Å². The van der Waals surface area contributed by atoms with Gasteiger partial charge in [0.15, 0.2) is 9.84 Å². The number of sulfone groups is 1. The number of nitrogens with zero attached hydrogens (tertiary/aromatic N) is 2. The Labute approximate surface area is 130 Å². The fraction of sp³-hybridized carbons (Fsp3) is 0.733. The molecule has 0 bridgehead atoms. The van der Waals surface area contributed by atoms with Gasteiger partial charge in [-0.2, -0.15) is 5.10 Å². The molecular weight excluding hydrogens is 302 g/mol. The standard InChI is InChI=1S/C15H21N3O3S/c1-9-6-12(9)15(19)16-14-7-13(10-2-3-10)17-18(14)11-4-5-22(20,21)8-11/h7,9-12H,2-6,8H2,1H3,(H,16,19)/t9-,11-,12+/m1/s1. The van der Waals surface area contributed by atoms with Crippen molar-refractivity contribution in [2.45, 2.75) is 44.6 Å². The van der Waals surface area contributed by atoms with Gasteiger partial charge in [-0.3, -0.25) is 4.79 Å². The van der Waals surface area contributed by atoms with E-state index in [-0.39, 0.29) is 29.4 Å². The Balaban J connectivity index is 1.59. The molecular formula is C15H21N3O3S. The maximum absolute atomic E-state index is 12.2. The number of carbonyl (C=O) groups excluding carboxylic acids is 1. The Bertz CT molecular complexity index is 720. The first-order chi connectivity index (χ1) is 10.4. The minimum Gasteiger partial charge on any atom is -0.311 e. The van der Waals surface area contributed by atoms with E-state index in [1.54, 1.807) is 4.68 Å². The van der Waals surface area contributed by atoms with Crippen molar-refractivity contribution in [3.63, 3.8) is 0 Å². The van der Waals surface area contributed by atoms with Crippen molar-refractivity contribution in [2.75, 3.05) is 16.8 Å². The molecule has 22 heavy (non-hydrogen) atoms. The molecule has 1 amide bonds. The normalized spacial score (nSPS) is 32.9. The number of carbonyl (C=O) groups is 1. The Kier molecular flexibility index (Phi) is 3.11. The number of rotatable bonds is 4. The summed E-state index contributed by atoms with van der Waals surface area (Å²) < 4.78 is 25.2. The summed E-state index contributed by atoms with van der Waals surface area (Å²) in [6, 6.07) is 1.79. The van der Waals surface area contributed by atoms with E-state index in [9.17, 15) is 13.2 Å². The van der Waals surface area contributed by atoms with Crippen LogP contribution in [0.25, 0.3) is 0 Å². The van der Waals surface area contributed by atoms with Crippen LogP contribution >= 0.6 is 0 Å². The van der Waals surface area contributed by atoms with Gasteiger partial charge < -0.3 is 5.32 Å². The average molecular weight is 323 g/mol. The van der Waals surface area contributed by atoms with E-state index < -0.39 is 9.84 Å². The Morgan fingerprint density at radius 3 is 2.64 bits per heavy atom. The van der Waals surface area contributed by atoms with E-state index in [4.69, 9.17) is 0 Å². The summed E-state index contributed by atoms with van der Waals surface area (Å²) in [4.78, 5) is 12.2. The first-order valence-corrected chi connectivity index (χ1v) is 9.86. The van der Waals surface area contributed by atoms with Crippen LogP contribution in [0.3, 0.4) is 0 Å². The van der Waals surface area contributed by atoms with E-state index in [1.165, 1.54) is 0 Å². The van der Waals surface area contributed by atoms with Crippen molar-refractivity contribution in [1.29, 1.82) is 0 Å². The molecule has 3 aliphatic rings. The van der Waals surface area contributed by atoms with Crippen LogP contribution in [0.4, 0.5) is 5.82 Å². The smallest absolute Gasteiger partial charge is 0.228 e. The fourth-order valence-electron chi connectivity index (χ4n) is 3.24. The zero-order valence-electron chi connectivity index (χ0n) is 12.7. The summed E-state index contributed by atoms with van der Waals surface area (Å²) in [5, 5.41) is 7.59. The molecule has 1 aromatic rings. The van der Waals surface area contributed by atoms with E-state index in [2.05, 4.69) is 17.3 Å². The van der Waals surface area contributed by atoms with Gasteiger partial charge in [0.05, 0.1) is 23.2 Å². The van der Waals surface area contributed by atoms with Crippen LogP contribution in [0.1, 0.15) is 50.3 Å². The summed E-state index contributed by atoms with van der Waals surface area (Å²) in [6.07, 6.45) is 3.78. The van der Waals surface area contributed by atoms with Crippen LogP contribution < -0.4 is 5.32 Å². The van der Waals surface area contributed by atoms with Gasteiger partial charge in [0, 0.05) is 17.9 Å². The lowest BCUT2D eigenvalue weighted by molar-refractivity contribution is -0.117.